The maximum atomic E-state index is 13.0. The molecule has 1 aliphatic heterocycles. The van der Waals surface area contributed by atoms with Gasteiger partial charge in [0.05, 0.1) is 36.3 Å². The van der Waals surface area contributed by atoms with Crippen LogP contribution in [0.1, 0.15) is 36.1 Å². The first-order valence-electron chi connectivity index (χ1n) is 9.89. The van der Waals surface area contributed by atoms with Crippen molar-refractivity contribution in [3.05, 3.63) is 35.4 Å². The van der Waals surface area contributed by atoms with Crippen LogP contribution in [0.2, 0.25) is 0 Å². The van der Waals surface area contributed by atoms with Gasteiger partial charge in [-0.1, -0.05) is 0 Å². The largest absolute Gasteiger partial charge is 0.416 e. The zero-order valence-corrected chi connectivity index (χ0v) is 16.9. The monoisotopic (exact) mass is 423 g/mol. The van der Waals surface area contributed by atoms with Gasteiger partial charge in [-0.3, -0.25) is 4.90 Å². The Bertz CT molecular complexity index is 1010. The van der Waals surface area contributed by atoms with Crippen LogP contribution >= 0.6 is 0 Å². The molecule has 4 rings (SSSR count). The first-order valence-corrected chi connectivity index (χ1v) is 9.89. The predicted octanol–water partition coefficient (Wildman–Crippen LogP) is 2.83. The molecule has 0 aliphatic carbocycles. The Labute approximate surface area is 171 Å². The first-order chi connectivity index (χ1) is 14.4. The van der Waals surface area contributed by atoms with Gasteiger partial charge in [0, 0.05) is 26.2 Å². The number of ether oxygens (including phenoxy) is 1. The molecular weight excluding hydrogens is 399 g/mol. The van der Waals surface area contributed by atoms with Gasteiger partial charge >= 0.3 is 6.18 Å². The van der Waals surface area contributed by atoms with Crippen LogP contribution in [0.4, 0.5) is 13.2 Å². The second-order valence-electron chi connectivity index (χ2n) is 7.55. The zero-order valence-electron chi connectivity index (χ0n) is 16.9. The van der Waals surface area contributed by atoms with Crippen LogP contribution in [0.15, 0.2) is 18.2 Å². The van der Waals surface area contributed by atoms with Crippen LogP contribution in [-0.4, -0.2) is 61.5 Å². The van der Waals surface area contributed by atoms with Crippen LogP contribution in [0, 0.1) is 6.92 Å². The number of nitrogens with zero attached hydrogens (tertiary/aromatic N) is 7. The molecule has 1 aliphatic rings. The van der Waals surface area contributed by atoms with Crippen molar-refractivity contribution in [1.82, 2.24) is 34.7 Å². The Hall–Kier alpha value is -2.53. The smallest absolute Gasteiger partial charge is 0.383 e. The minimum absolute atomic E-state index is 0.201. The molecule has 0 N–H and O–H groups in total. The van der Waals surface area contributed by atoms with E-state index in [0.717, 1.165) is 55.2 Å². The van der Waals surface area contributed by atoms with Crippen LogP contribution < -0.4 is 0 Å². The normalized spacial score (nSPS) is 16.6. The quantitative estimate of drug-likeness (QED) is 0.607. The highest BCUT2D eigenvalue weighted by Crippen LogP contribution is 2.34. The highest BCUT2D eigenvalue weighted by molar-refractivity contribution is 5.77. The number of methoxy groups -OCH3 is 1. The van der Waals surface area contributed by atoms with Crippen molar-refractivity contribution >= 4 is 11.0 Å². The van der Waals surface area contributed by atoms with E-state index in [1.165, 1.54) is 6.07 Å². The maximum Gasteiger partial charge on any atom is 0.416 e. The number of fused-ring (bicyclic) bond motifs is 1. The summed E-state index contributed by atoms with van der Waals surface area (Å²) >= 11 is 0. The lowest BCUT2D eigenvalue weighted by Gasteiger charge is -2.33. The second-order valence-corrected chi connectivity index (χ2v) is 7.55. The molecule has 3 aromatic rings. The van der Waals surface area contributed by atoms with E-state index in [0.29, 0.717) is 25.2 Å². The number of alkyl halides is 3. The van der Waals surface area contributed by atoms with Gasteiger partial charge in [-0.05, 0) is 48.4 Å². The minimum atomic E-state index is -4.37. The Balaban J connectivity index is 1.45. The predicted molar refractivity (Wildman–Crippen MR) is 103 cm³/mol. The number of halogens is 3. The van der Waals surface area contributed by atoms with E-state index in [1.54, 1.807) is 11.8 Å². The molecule has 11 heteroatoms. The van der Waals surface area contributed by atoms with Crippen LogP contribution in [-0.2, 0) is 24.0 Å². The summed E-state index contributed by atoms with van der Waals surface area (Å²) in [7, 11) is 1.64. The Morgan fingerprint density at radius 3 is 2.67 bits per heavy atom. The summed E-state index contributed by atoms with van der Waals surface area (Å²) in [6.07, 6.45) is -2.60. The number of benzene rings is 1. The van der Waals surface area contributed by atoms with Crippen molar-refractivity contribution in [1.29, 1.82) is 0 Å². The Kier molecular flexibility index (Phi) is 5.74. The lowest BCUT2D eigenvalue weighted by Crippen LogP contribution is -2.35. The van der Waals surface area contributed by atoms with Gasteiger partial charge in [-0.2, -0.15) is 13.2 Å². The fraction of sp³-hybridized carbons (Fsp3) is 0.579. The molecular formula is C19H24F3N7O. The molecule has 0 unspecified atom stereocenters. The molecule has 0 saturated carbocycles. The number of hydrogen-bond acceptors (Lipinski definition) is 6. The third-order valence-corrected chi connectivity index (χ3v) is 5.59. The fourth-order valence-electron chi connectivity index (χ4n) is 4.08. The second kappa shape index (κ2) is 8.31. The van der Waals surface area contributed by atoms with Gasteiger partial charge in [0.15, 0.2) is 5.82 Å². The molecule has 162 valence electrons. The van der Waals surface area contributed by atoms with E-state index in [-0.39, 0.29) is 6.04 Å². The van der Waals surface area contributed by atoms with Crippen molar-refractivity contribution in [2.75, 3.05) is 26.8 Å². The summed E-state index contributed by atoms with van der Waals surface area (Å²) < 4.78 is 47.9. The summed E-state index contributed by atoms with van der Waals surface area (Å²) in [4.78, 5) is 6.68. The van der Waals surface area contributed by atoms with Crippen molar-refractivity contribution < 1.29 is 17.9 Å². The third kappa shape index (κ3) is 4.17. The summed E-state index contributed by atoms with van der Waals surface area (Å²) in [5, 5.41) is 11.9. The number of tetrazole rings is 1. The molecule has 1 fully saturated rings. The van der Waals surface area contributed by atoms with Crippen LogP contribution in [0.3, 0.4) is 0 Å². The summed E-state index contributed by atoms with van der Waals surface area (Å²) in [5.74, 6) is 1.54. The van der Waals surface area contributed by atoms with Gasteiger partial charge in [-0.25, -0.2) is 9.67 Å². The molecule has 1 saturated heterocycles. The van der Waals surface area contributed by atoms with Crippen molar-refractivity contribution in [2.45, 2.75) is 45.1 Å². The number of hydrogen-bond donors (Lipinski definition) is 0. The molecule has 2 aromatic heterocycles. The highest BCUT2D eigenvalue weighted by Gasteiger charge is 2.31. The molecule has 30 heavy (non-hydrogen) atoms. The van der Waals surface area contributed by atoms with E-state index in [2.05, 4.69) is 30.0 Å². The number of aryl methyl sites for hydroxylation is 1. The van der Waals surface area contributed by atoms with E-state index < -0.39 is 11.7 Å². The molecule has 0 bridgehead atoms. The first kappa shape index (κ1) is 20.7. The molecule has 0 atom stereocenters. The molecule has 8 nitrogen and oxygen atoms in total. The summed E-state index contributed by atoms with van der Waals surface area (Å²) in [6.45, 7) is 5.35. The minimum Gasteiger partial charge on any atom is -0.383 e. The Morgan fingerprint density at radius 1 is 1.20 bits per heavy atom. The van der Waals surface area contributed by atoms with Gasteiger partial charge in [0.1, 0.15) is 5.82 Å². The SMILES string of the molecule is COCCn1nnnc1CN1CCC(n2c(C)nc3cc(C(F)(F)F)ccc32)CC1. The summed E-state index contributed by atoms with van der Waals surface area (Å²) in [6, 6.07) is 4.00. The van der Waals surface area contributed by atoms with E-state index in [4.69, 9.17) is 4.74 Å². The summed E-state index contributed by atoms with van der Waals surface area (Å²) in [5.41, 5.74) is 0.477. The van der Waals surface area contributed by atoms with E-state index in [9.17, 15) is 13.2 Å². The van der Waals surface area contributed by atoms with Crippen LogP contribution in [0.25, 0.3) is 11.0 Å². The highest BCUT2D eigenvalue weighted by atomic mass is 19.4. The lowest BCUT2D eigenvalue weighted by atomic mass is 10.0. The van der Waals surface area contributed by atoms with Gasteiger partial charge in [0.2, 0.25) is 0 Å². The topological polar surface area (TPSA) is 73.9 Å². The van der Waals surface area contributed by atoms with E-state index in [1.807, 2.05) is 6.92 Å². The third-order valence-electron chi connectivity index (χ3n) is 5.59. The van der Waals surface area contributed by atoms with Crippen molar-refractivity contribution in [3.8, 4) is 0 Å². The molecule has 1 aromatic carbocycles. The number of likely N-dealkylation sites (tertiary alicyclic amines) is 1. The number of rotatable bonds is 6. The van der Waals surface area contributed by atoms with Crippen molar-refractivity contribution in [2.24, 2.45) is 0 Å². The number of aromatic nitrogens is 6. The Morgan fingerprint density at radius 2 is 1.97 bits per heavy atom. The van der Waals surface area contributed by atoms with E-state index >= 15 is 0 Å². The number of imidazole rings is 1. The maximum absolute atomic E-state index is 13.0. The van der Waals surface area contributed by atoms with Gasteiger partial charge in [-0.15, -0.1) is 5.10 Å². The number of piperidine rings is 1. The standard InChI is InChI=1S/C19H24F3N7O/c1-13-23-16-11-14(19(20,21)22)3-4-17(16)29(13)15-5-7-27(8-6-15)12-18-24-25-26-28(18)9-10-30-2/h3-4,11,15H,5-10,12H2,1-2H3. The molecule has 0 spiro atoms. The van der Waals surface area contributed by atoms with Crippen LogP contribution in [0.5, 0.6) is 0 Å². The van der Waals surface area contributed by atoms with Crippen molar-refractivity contribution in [3.63, 3.8) is 0 Å². The van der Waals surface area contributed by atoms with Gasteiger partial charge in [0.25, 0.3) is 0 Å². The molecule has 0 radical (unpaired) electrons. The molecule has 0 amide bonds. The average molecular weight is 423 g/mol. The van der Waals surface area contributed by atoms with Gasteiger partial charge < -0.3 is 9.30 Å². The fourth-order valence-corrected chi connectivity index (χ4v) is 4.08. The molecule has 3 heterocycles. The average Bonchev–Trinajstić information content (AvgIpc) is 3.28. The lowest BCUT2D eigenvalue weighted by molar-refractivity contribution is -0.137. The zero-order chi connectivity index (χ0) is 21.3.